The summed E-state index contributed by atoms with van der Waals surface area (Å²) < 4.78 is 5.56. The number of morpholine rings is 1. The van der Waals surface area contributed by atoms with Crippen molar-refractivity contribution in [1.29, 1.82) is 0 Å². The molecule has 2 atom stereocenters. The van der Waals surface area contributed by atoms with Crippen LogP contribution in [0.25, 0.3) is 0 Å². The summed E-state index contributed by atoms with van der Waals surface area (Å²) in [6.07, 6.45) is 5.98. The molecule has 2 fully saturated rings. The minimum absolute atomic E-state index is 0.107. The molecule has 5 nitrogen and oxygen atoms in total. The number of hydrogen-bond donors (Lipinski definition) is 2. The Balaban J connectivity index is 1.74. The van der Waals surface area contributed by atoms with Crippen molar-refractivity contribution >= 4 is 23.4 Å². The van der Waals surface area contributed by atoms with Crippen LogP contribution in [-0.2, 0) is 14.3 Å². The third kappa shape index (κ3) is 4.08. The van der Waals surface area contributed by atoms with Gasteiger partial charge in [-0.15, -0.1) is 0 Å². The van der Waals surface area contributed by atoms with Gasteiger partial charge in [-0.1, -0.05) is 55.5 Å². The van der Waals surface area contributed by atoms with E-state index in [9.17, 15) is 9.59 Å². The first-order valence-corrected chi connectivity index (χ1v) is 8.99. The molecular weight excluding hydrogens is 328 g/mol. The van der Waals surface area contributed by atoms with Crippen molar-refractivity contribution in [3.8, 4) is 0 Å². The number of hydrogen-bond acceptors (Lipinski definition) is 3. The molecule has 1 aliphatic heterocycles. The van der Waals surface area contributed by atoms with E-state index in [4.69, 9.17) is 16.3 Å². The van der Waals surface area contributed by atoms with Gasteiger partial charge in [0.05, 0.1) is 6.04 Å². The Labute approximate surface area is 147 Å². The summed E-state index contributed by atoms with van der Waals surface area (Å²) in [4.78, 5) is 24.5. The second kappa shape index (κ2) is 7.99. The summed E-state index contributed by atoms with van der Waals surface area (Å²) >= 11 is 6.25. The first kappa shape index (κ1) is 17.2. The van der Waals surface area contributed by atoms with Crippen molar-refractivity contribution in [3.05, 3.63) is 34.9 Å². The molecule has 3 rings (SSSR count). The SMILES string of the molecule is O=C1CO[C@H](C(=O)NC2CCCCCC2)[C@@H](c2ccccc2Cl)N1. The lowest BCUT2D eigenvalue weighted by Crippen LogP contribution is -2.54. The van der Waals surface area contributed by atoms with Crippen LogP contribution in [0.15, 0.2) is 24.3 Å². The molecule has 1 saturated heterocycles. The van der Waals surface area contributed by atoms with Crippen molar-refractivity contribution in [3.63, 3.8) is 0 Å². The van der Waals surface area contributed by atoms with E-state index >= 15 is 0 Å². The minimum atomic E-state index is -0.758. The highest BCUT2D eigenvalue weighted by Gasteiger charge is 2.37. The van der Waals surface area contributed by atoms with Crippen LogP contribution in [0.1, 0.15) is 50.1 Å². The fraction of sp³-hybridized carbons (Fsp3) is 0.556. The fourth-order valence-electron chi connectivity index (χ4n) is 3.45. The molecule has 1 aromatic carbocycles. The molecule has 130 valence electrons. The first-order chi connectivity index (χ1) is 11.6. The summed E-state index contributed by atoms with van der Waals surface area (Å²) in [5.41, 5.74) is 0.702. The van der Waals surface area contributed by atoms with Crippen molar-refractivity contribution in [2.45, 2.75) is 56.7 Å². The molecule has 2 amide bonds. The summed E-state index contributed by atoms with van der Waals surface area (Å²) in [7, 11) is 0. The Kier molecular flexibility index (Phi) is 5.74. The molecular formula is C18H23ClN2O3. The highest BCUT2D eigenvalue weighted by Crippen LogP contribution is 2.29. The number of carbonyl (C=O) groups excluding carboxylic acids is 2. The normalized spacial score (nSPS) is 25.6. The van der Waals surface area contributed by atoms with Gasteiger partial charge in [0.25, 0.3) is 5.91 Å². The average Bonchev–Trinajstić information content (AvgIpc) is 2.84. The fourth-order valence-corrected chi connectivity index (χ4v) is 3.71. The zero-order chi connectivity index (χ0) is 16.9. The Morgan fingerprint density at radius 1 is 1.17 bits per heavy atom. The zero-order valence-corrected chi connectivity index (χ0v) is 14.3. The quantitative estimate of drug-likeness (QED) is 0.824. The lowest BCUT2D eigenvalue weighted by Gasteiger charge is -2.33. The van der Waals surface area contributed by atoms with E-state index < -0.39 is 12.1 Å². The zero-order valence-electron chi connectivity index (χ0n) is 13.6. The average molecular weight is 351 g/mol. The van der Waals surface area contributed by atoms with Gasteiger partial charge in [-0.2, -0.15) is 0 Å². The maximum absolute atomic E-state index is 12.7. The van der Waals surface area contributed by atoms with Crippen molar-refractivity contribution < 1.29 is 14.3 Å². The molecule has 1 heterocycles. The van der Waals surface area contributed by atoms with Crippen LogP contribution in [0, 0.1) is 0 Å². The molecule has 1 saturated carbocycles. The molecule has 24 heavy (non-hydrogen) atoms. The van der Waals surface area contributed by atoms with Gasteiger partial charge in [-0.25, -0.2) is 0 Å². The van der Waals surface area contributed by atoms with Crippen molar-refractivity contribution in [2.24, 2.45) is 0 Å². The maximum atomic E-state index is 12.7. The van der Waals surface area contributed by atoms with Crippen LogP contribution in [0.2, 0.25) is 5.02 Å². The van der Waals surface area contributed by atoms with E-state index in [0.29, 0.717) is 10.6 Å². The molecule has 0 aromatic heterocycles. The predicted molar refractivity (Wildman–Crippen MR) is 91.7 cm³/mol. The second-order valence-electron chi connectivity index (χ2n) is 6.50. The maximum Gasteiger partial charge on any atom is 0.251 e. The van der Waals surface area contributed by atoms with Gasteiger partial charge in [-0.05, 0) is 24.5 Å². The van der Waals surface area contributed by atoms with Crippen LogP contribution < -0.4 is 10.6 Å². The van der Waals surface area contributed by atoms with Crippen molar-refractivity contribution in [1.82, 2.24) is 10.6 Å². The second-order valence-corrected chi connectivity index (χ2v) is 6.90. The molecule has 2 N–H and O–H groups in total. The third-order valence-corrected chi connectivity index (χ3v) is 5.06. The number of carbonyl (C=O) groups is 2. The Morgan fingerprint density at radius 2 is 1.88 bits per heavy atom. The standard InChI is InChI=1S/C18H23ClN2O3/c19-14-10-6-5-9-13(14)16-17(24-11-15(22)21-16)18(23)20-12-7-3-1-2-4-8-12/h5-6,9-10,12,16-17H,1-4,7-8,11H2,(H,20,23)(H,21,22)/t16-,17+/m1/s1. The number of halogens is 1. The lowest BCUT2D eigenvalue weighted by molar-refractivity contribution is -0.148. The molecule has 1 aliphatic carbocycles. The number of nitrogens with one attached hydrogen (secondary N) is 2. The Hall–Kier alpha value is -1.59. The number of benzene rings is 1. The minimum Gasteiger partial charge on any atom is -0.356 e. The van der Waals surface area contributed by atoms with Crippen LogP contribution in [0.4, 0.5) is 0 Å². The topological polar surface area (TPSA) is 67.4 Å². The molecule has 6 heteroatoms. The molecule has 1 aromatic rings. The Morgan fingerprint density at radius 3 is 2.58 bits per heavy atom. The number of amides is 2. The van der Waals surface area contributed by atoms with E-state index in [1.54, 1.807) is 6.07 Å². The molecule has 0 unspecified atom stereocenters. The smallest absolute Gasteiger partial charge is 0.251 e. The van der Waals surface area contributed by atoms with E-state index in [1.807, 2.05) is 18.2 Å². The van der Waals surface area contributed by atoms with E-state index in [0.717, 1.165) is 25.7 Å². The predicted octanol–water partition coefficient (Wildman–Crippen LogP) is 2.74. The van der Waals surface area contributed by atoms with Gasteiger partial charge in [0, 0.05) is 11.1 Å². The van der Waals surface area contributed by atoms with E-state index in [2.05, 4.69) is 10.6 Å². The number of rotatable bonds is 3. The van der Waals surface area contributed by atoms with Crippen LogP contribution in [0.3, 0.4) is 0 Å². The summed E-state index contributed by atoms with van der Waals surface area (Å²) in [5.74, 6) is -0.412. The Bertz CT molecular complexity index is 600. The molecule has 0 bridgehead atoms. The van der Waals surface area contributed by atoms with Gasteiger partial charge in [0.2, 0.25) is 5.91 Å². The lowest BCUT2D eigenvalue weighted by atomic mass is 9.98. The molecule has 0 spiro atoms. The van der Waals surface area contributed by atoms with Crippen molar-refractivity contribution in [2.75, 3.05) is 6.61 Å². The number of ether oxygens (including phenoxy) is 1. The van der Waals surface area contributed by atoms with Gasteiger partial charge < -0.3 is 15.4 Å². The van der Waals surface area contributed by atoms with Gasteiger partial charge >= 0.3 is 0 Å². The first-order valence-electron chi connectivity index (χ1n) is 8.61. The third-order valence-electron chi connectivity index (χ3n) is 4.71. The molecule has 2 aliphatic rings. The van der Waals surface area contributed by atoms with E-state index in [-0.39, 0.29) is 24.5 Å². The van der Waals surface area contributed by atoms with Gasteiger partial charge in [0.1, 0.15) is 6.61 Å². The van der Waals surface area contributed by atoms with Gasteiger partial charge in [-0.3, -0.25) is 9.59 Å². The van der Waals surface area contributed by atoms with Crippen LogP contribution in [-0.4, -0.2) is 30.6 Å². The highest BCUT2D eigenvalue weighted by molar-refractivity contribution is 6.31. The van der Waals surface area contributed by atoms with Crippen LogP contribution in [0.5, 0.6) is 0 Å². The van der Waals surface area contributed by atoms with Crippen LogP contribution >= 0.6 is 11.6 Å². The summed E-state index contributed by atoms with van der Waals surface area (Å²) in [5, 5.41) is 6.46. The largest absolute Gasteiger partial charge is 0.356 e. The monoisotopic (exact) mass is 350 g/mol. The highest BCUT2D eigenvalue weighted by atomic mass is 35.5. The molecule has 0 radical (unpaired) electrons. The van der Waals surface area contributed by atoms with E-state index in [1.165, 1.54) is 12.8 Å². The van der Waals surface area contributed by atoms with Gasteiger partial charge in [0.15, 0.2) is 6.10 Å². The summed E-state index contributed by atoms with van der Waals surface area (Å²) in [6.45, 7) is -0.107. The summed E-state index contributed by atoms with van der Waals surface area (Å²) in [6, 6.07) is 6.84.